The summed E-state index contributed by atoms with van der Waals surface area (Å²) >= 11 is 0. The monoisotopic (exact) mass is 242 g/mol. The third-order valence-corrected chi connectivity index (χ3v) is 2.19. The fourth-order valence-corrected chi connectivity index (χ4v) is 1.16. The van der Waals surface area contributed by atoms with Crippen molar-refractivity contribution in [2.24, 2.45) is 0 Å². The number of carbonyl (C=O) groups is 1. The Kier molecular flexibility index (Phi) is 7.12. The van der Waals surface area contributed by atoms with Crippen molar-refractivity contribution in [1.29, 1.82) is 0 Å². The van der Waals surface area contributed by atoms with Crippen LogP contribution in [0.5, 0.6) is 0 Å². The molecule has 0 fully saturated rings. The smallest absolute Gasteiger partial charge is 0.164 e. The van der Waals surface area contributed by atoms with Crippen LogP contribution < -0.4 is 0 Å². The van der Waals surface area contributed by atoms with Crippen molar-refractivity contribution in [3.05, 3.63) is 0 Å². The van der Waals surface area contributed by atoms with Gasteiger partial charge in [-0.05, 0) is 0 Å². The van der Waals surface area contributed by atoms with E-state index in [0.29, 0.717) is 0 Å². The van der Waals surface area contributed by atoms with Crippen LogP contribution in [0, 0.1) is 0 Å². The Morgan fingerprint density at radius 2 is 1.80 bits per heavy atom. The third kappa shape index (κ3) is 5.48. The van der Waals surface area contributed by atoms with Crippen LogP contribution in [0.15, 0.2) is 0 Å². The molecule has 15 heavy (non-hydrogen) atoms. The van der Waals surface area contributed by atoms with Crippen LogP contribution in [0.2, 0.25) is 0 Å². The van der Waals surface area contributed by atoms with Crippen LogP contribution >= 0.6 is 8.38 Å². The minimum atomic E-state index is -1.79. The molecule has 0 aliphatic heterocycles. The van der Waals surface area contributed by atoms with Gasteiger partial charge in [0.25, 0.3) is 0 Å². The SMILES string of the molecule is C[P@](O)OC[C@@H](O)[C@@H](O)[C@H](O)[C@H](O)C=O. The van der Waals surface area contributed by atoms with E-state index in [9.17, 15) is 15.0 Å². The summed E-state index contributed by atoms with van der Waals surface area (Å²) in [5.74, 6) is 0. The van der Waals surface area contributed by atoms with Crippen molar-refractivity contribution in [3.63, 3.8) is 0 Å². The lowest BCUT2D eigenvalue weighted by Gasteiger charge is -2.24. The van der Waals surface area contributed by atoms with Crippen LogP contribution in [0.4, 0.5) is 0 Å². The van der Waals surface area contributed by atoms with Gasteiger partial charge in [-0.2, -0.15) is 0 Å². The average Bonchev–Trinajstić information content (AvgIpc) is 2.22. The van der Waals surface area contributed by atoms with E-state index in [4.69, 9.17) is 15.1 Å². The van der Waals surface area contributed by atoms with Crippen LogP contribution in [0.1, 0.15) is 0 Å². The van der Waals surface area contributed by atoms with Gasteiger partial charge >= 0.3 is 0 Å². The van der Waals surface area contributed by atoms with E-state index in [2.05, 4.69) is 4.52 Å². The molecule has 0 unspecified atom stereocenters. The molecule has 0 spiro atoms. The highest BCUT2D eigenvalue weighted by Crippen LogP contribution is 2.25. The zero-order chi connectivity index (χ0) is 12.0. The van der Waals surface area contributed by atoms with Crippen LogP contribution in [-0.4, -0.2) is 69.3 Å². The number of aliphatic hydroxyl groups excluding tert-OH is 4. The molecule has 8 heteroatoms. The fraction of sp³-hybridized carbons (Fsp3) is 0.857. The van der Waals surface area contributed by atoms with Crippen LogP contribution in [-0.2, 0) is 9.32 Å². The number of aliphatic hydroxyl groups is 4. The maximum Gasteiger partial charge on any atom is 0.164 e. The first-order valence-corrected chi connectivity index (χ1v) is 5.79. The van der Waals surface area contributed by atoms with E-state index in [0.717, 1.165) is 0 Å². The van der Waals surface area contributed by atoms with Gasteiger partial charge in [0.15, 0.2) is 14.7 Å². The Hall–Kier alpha value is -0.140. The largest absolute Gasteiger partial charge is 0.388 e. The summed E-state index contributed by atoms with van der Waals surface area (Å²) in [5, 5.41) is 36.4. The summed E-state index contributed by atoms with van der Waals surface area (Å²) in [4.78, 5) is 18.8. The summed E-state index contributed by atoms with van der Waals surface area (Å²) in [5.41, 5.74) is 0. The minimum absolute atomic E-state index is 0.0419. The predicted octanol–water partition coefficient (Wildman–Crippen LogP) is -2.42. The van der Waals surface area contributed by atoms with Gasteiger partial charge in [0.05, 0.1) is 6.61 Å². The molecule has 7 nitrogen and oxygen atoms in total. The lowest BCUT2D eigenvalue weighted by Crippen LogP contribution is -2.46. The second-order valence-corrected chi connectivity index (χ2v) is 4.12. The molecule has 90 valence electrons. The summed E-state index contributed by atoms with van der Waals surface area (Å²) < 4.78 is 4.62. The second kappa shape index (κ2) is 7.19. The molecule has 0 aromatic rings. The molecule has 0 heterocycles. The summed E-state index contributed by atoms with van der Waals surface area (Å²) in [6.45, 7) is 0.966. The van der Waals surface area contributed by atoms with Crippen molar-refractivity contribution in [2.75, 3.05) is 13.3 Å². The lowest BCUT2D eigenvalue weighted by atomic mass is 10.0. The van der Waals surface area contributed by atoms with E-state index < -0.39 is 39.4 Å². The fourth-order valence-electron chi connectivity index (χ4n) is 0.793. The highest BCUT2D eigenvalue weighted by molar-refractivity contribution is 7.45. The number of aldehydes is 1. The zero-order valence-electron chi connectivity index (χ0n) is 8.09. The standard InChI is InChI=1S/C7H15O7P/c1-15(13)14-3-5(10)7(12)6(11)4(9)2-8/h2,4-7,9-13H,3H2,1H3/t4-,5-,6-,7-,15-/m1/s1. The molecule has 0 radical (unpaired) electrons. The Labute approximate surface area is 87.8 Å². The Morgan fingerprint density at radius 1 is 1.27 bits per heavy atom. The number of rotatable bonds is 7. The Morgan fingerprint density at radius 3 is 2.20 bits per heavy atom. The van der Waals surface area contributed by atoms with Crippen LogP contribution in [0.25, 0.3) is 0 Å². The van der Waals surface area contributed by atoms with Gasteiger partial charge in [0, 0.05) is 6.66 Å². The molecule has 0 saturated heterocycles. The lowest BCUT2D eigenvalue weighted by molar-refractivity contribution is -0.135. The first kappa shape index (κ1) is 14.9. The van der Waals surface area contributed by atoms with Gasteiger partial charge in [-0.3, -0.25) is 0 Å². The van der Waals surface area contributed by atoms with Crippen molar-refractivity contribution < 1.29 is 34.6 Å². The Bertz CT molecular complexity index is 188. The predicted molar refractivity (Wildman–Crippen MR) is 51.1 cm³/mol. The molecule has 5 atom stereocenters. The summed E-state index contributed by atoms with van der Waals surface area (Å²) in [6, 6.07) is 0. The molecule has 0 aromatic carbocycles. The summed E-state index contributed by atoms with van der Waals surface area (Å²) in [7, 11) is -1.68. The van der Waals surface area contributed by atoms with Crippen molar-refractivity contribution in [1.82, 2.24) is 0 Å². The molecule has 0 aliphatic carbocycles. The first-order chi connectivity index (χ1) is 6.90. The van der Waals surface area contributed by atoms with Gasteiger partial charge < -0.3 is 34.6 Å². The van der Waals surface area contributed by atoms with Gasteiger partial charge in [0.1, 0.15) is 24.4 Å². The maximum atomic E-state index is 10.1. The van der Waals surface area contributed by atoms with E-state index in [1.165, 1.54) is 6.66 Å². The molecular weight excluding hydrogens is 227 g/mol. The normalized spacial score (nSPS) is 21.5. The molecule has 0 amide bonds. The highest BCUT2D eigenvalue weighted by atomic mass is 31.2. The van der Waals surface area contributed by atoms with E-state index in [1.807, 2.05) is 0 Å². The Balaban J connectivity index is 4.06. The first-order valence-electron chi connectivity index (χ1n) is 4.13. The molecule has 0 aromatic heterocycles. The van der Waals surface area contributed by atoms with Crippen LogP contribution in [0.3, 0.4) is 0 Å². The minimum Gasteiger partial charge on any atom is -0.388 e. The number of hydrogen-bond acceptors (Lipinski definition) is 7. The number of carbonyl (C=O) groups excluding carboxylic acids is 1. The maximum absolute atomic E-state index is 10.1. The van der Waals surface area contributed by atoms with Gasteiger partial charge in [-0.1, -0.05) is 0 Å². The molecule has 0 bridgehead atoms. The van der Waals surface area contributed by atoms with E-state index in [-0.39, 0.29) is 6.29 Å². The topological polar surface area (TPSA) is 127 Å². The molecule has 5 N–H and O–H groups in total. The van der Waals surface area contributed by atoms with Gasteiger partial charge in [0.2, 0.25) is 0 Å². The van der Waals surface area contributed by atoms with Crippen molar-refractivity contribution >= 4 is 14.7 Å². The van der Waals surface area contributed by atoms with Crippen molar-refractivity contribution in [2.45, 2.75) is 24.4 Å². The van der Waals surface area contributed by atoms with E-state index >= 15 is 0 Å². The highest BCUT2D eigenvalue weighted by Gasteiger charge is 2.30. The molecular formula is C7H15O7P. The average molecular weight is 242 g/mol. The van der Waals surface area contributed by atoms with E-state index in [1.54, 1.807) is 0 Å². The summed E-state index contributed by atoms with van der Waals surface area (Å²) in [6.07, 6.45) is -6.73. The van der Waals surface area contributed by atoms with Gasteiger partial charge in [-0.25, -0.2) is 0 Å². The third-order valence-electron chi connectivity index (χ3n) is 1.67. The second-order valence-electron chi connectivity index (χ2n) is 2.94. The molecule has 0 saturated carbocycles. The number of hydrogen-bond donors (Lipinski definition) is 5. The van der Waals surface area contributed by atoms with Gasteiger partial charge in [-0.15, -0.1) is 0 Å². The van der Waals surface area contributed by atoms with Crippen molar-refractivity contribution in [3.8, 4) is 0 Å². The molecule has 0 rings (SSSR count). The molecule has 0 aliphatic rings. The zero-order valence-corrected chi connectivity index (χ0v) is 8.99. The quantitative estimate of drug-likeness (QED) is 0.248.